The number of carbonyl (C=O) groups excluding carboxylic acids is 1. The van der Waals surface area contributed by atoms with Crippen LogP contribution in [0.1, 0.15) is 32.8 Å². The van der Waals surface area contributed by atoms with Gasteiger partial charge in [0, 0.05) is 26.3 Å². The van der Waals surface area contributed by atoms with Crippen LogP contribution in [0.2, 0.25) is 5.15 Å². The molecule has 0 amide bonds. The summed E-state index contributed by atoms with van der Waals surface area (Å²) in [5.74, 6) is 0.174. The van der Waals surface area contributed by atoms with Gasteiger partial charge in [0.15, 0.2) is 5.82 Å². The normalized spacial score (nSPS) is 16.9. The van der Waals surface area contributed by atoms with E-state index in [0.717, 1.165) is 12.0 Å². The minimum Gasteiger partial charge on any atom is -0.468 e. The molecule has 0 unspecified atom stereocenters. The number of halogens is 1. The third-order valence-corrected chi connectivity index (χ3v) is 5.67. The number of nitro groups is 1. The fourth-order valence-electron chi connectivity index (χ4n) is 3.76. The van der Waals surface area contributed by atoms with Crippen molar-refractivity contribution < 1.29 is 14.5 Å². The lowest BCUT2D eigenvalue weighted by atomic mass is 9.97. The zero-order valence-corrected chi connectivity index (χ0v) is 18.9. The summed E-state index contributed by atoms with van der Waals surface area (Å²) in [7, 11) is 3.15. The van der Waals surface area contributed by atoms with E-state index in [9.17, 15) is 14.9 Å². The first-order valence-electron chi connectivity index (χ1n) is 9.99. The zero-order valence-electron chi connectivity index (χ0n) is 18.2. The van der Waals surface area contributed by atoms with Gasteiger partial charge < -0.3 is 14.5 Å². The van der Waals surface area contributed by atoms with Crippen molar-refractivity contribution >= 4 is 17.6 Å². The third kappa shape index (κ3) is 5.40. The maximum atomic E-state index is 12.4. The maximum Gasteiger partial charge on any atom is 0.323 e. The molecule has 0 aliphatic carbocycles. The summed E-state index contributed by atoms with van der Waals surface area (Å²) in [4.78, 5) is 33.8. The van der Waals surface area contributed by atoms with Crippen molar-refractivity contribution in [1.29, 1.82) is 0 Å². The van der Waals surface area contributed by atoms with E-state index in [1.807, 2.05) is 41.5 Å². The number of esters is 1. The number of methoxy groups -OCH3 is 1. The summed E-state index contributed by atoms with van der Waals surface area (Å²) < 4.78 is 4.99. The van der Waals surface area contributed by atoms with Crippen LogP contribution in [0.3, 0.4) is 0 Å². The SMILES string of the molecule is CC[C@H](C)[C@@H](C(=O)OC)N1CC([N+](=O)[O-])=C(N(CC)Cc2ccc(Cl)nc2)N(C)C1. The first kappa shape index (κ1) is 23.9. The second-order valence-corrected chi connectivity index (χ2v) is 7.86. The molecule has 30 heavy (non-hydrogen) atoms. The first-order chi connectivity index (χ1) is 14.2. The summed E-state index contributed by atoms with van der Waals surface area (Å²) in [5.41, 5.74) is 0.962. The number of pyridine rings is 1. The van der Waals surface area contributed by atoms with Crippen LogP contribution in [0.5, 0.6) is 0 Å². The van der Waals surface area contributed by atoms with Gasteiger partial charge in [-0.25, -0.2) is 4.98 Å². The van der Waals surface area contributed by atoms with Crippen molar-refractivity contribution in [3.63, 3.8) is 0 Å². The Labute approximate surface area is 182 Å². The molecule has 10 heteroatoms. The Balaban J connectivity index is 2.39. The maximum absolute atomic E-state index is 12.4. The van der Waals surface area contributed by atoms with Crippen molar-refractivity contribution in [1.82, 2.24) is 19.7 Å². The Hall–Kier alpha value is -2.39. The standard InChI is InChI=1S/C20H30ClN5O4/c1-6-14(3)18(20(27)30-5)25-12-16(26(28)29)19(23(4)13-25)24(7-2)11-15-8-9-17(21)22-10-15/h8-10,14,18H,6-7,11-13H2,1-5H3/t14-,18-/m0/s1. The van der Waals surface area contributed by atoms with Crippen LogP contribution in [0.4, 0.5) is 0 Å². The van der Waals surface area contributed by atoms with E-state index in [0.29, 0.717) is 30.7 Å². The first-order valence-corrected chi connectivity index (χ1v) is 10.4. The lowest BCUT2D eigenvalue weighted by Crippen LogP contribution is -2.55. The van der Waals surface area contributed by atoms with Crippen LogP contribution in [-0.2, 0) is 16.1 Å². The van der Waals surface area contributed by atoms with E-state index in [1.165, 1.54) is 7.11 Å². The lowest BCUT2D eigenvalue weighted by molar-refractivity contribution is -0.434. The topological polar surface area (TPSA) is 92.0 Å². The van der Waals surface area contributed by atoms with Crippen molar-refractivity contribution in [3.05, 3.63) is 50.7 Å². The summed E-state index contributed by atoms with van der Waals surface area (Å²) in [6.45, 7) is 7.37. The van der Waals surface area contributed by atoms with E-state index in [2.05, 4.69) is 4.98 Å². The minimum absolute atomic E-state index is 0.00261. The van der Waals surface area contributed by atoms with E-state index >= 15 is 0 Å². The summed E-state index contributed by atoms with van der Waals surface area (Å²) >= 11 is 5.86. The van der Waals surface area contributed by atoms with E-state index in [1.54, 1.807) is 19.3 Å². The summed E-state index contributed by atoms with van der Waals surface area (Å²) in [5, 5.41) is 12.4. The molecule has 0 spiro atoms. The molecule has 0 bridgehead atoms. The second-order valence-electron chi connectivity index (χ2n) is 7.47. The molecule has 2 rings (SSSR count). The molecule has 1 aromatic heterocycles. The van der Waals surface area contributed by atoms with Crippen molar-refractivity contribution in [3.8, 4) is 0 Å². The number of carbonyl (C=O) groups is 1. The number of ether oxygens (including phenoxy) is 1. The van der Waals surface area contributed by atoms with Crippen molar-refractivity contribution in [2.75, 3.05) is 33.9 Å². The summed E-state index contributed by atoms with van der Waals surface area (Å²) in [6.07, 6.45) is 2.43. The Kier molecular flexibility index (Phi) is 8.43. The van der Waals surface area contributed by atoms with E-state index in [-0.39, 0.29) is 29.1 Å². The number of nitrogens with zero attached hydrogens (tertiary/aromatic N) is 5. The van der Waals surface area contributed by atoms with Crippen LogP contribution in [0.15, 0.2) is 29.8 Å². The minimum atomic E-state index is -0.547. The van der Waals surface area contributed by atoms with Gasteiger partial charge in [0.05, 0.1) is 25.2 Å². The Morgan fingerprint density at radius 3 is 2.63 bits per heavy atom. The van der Waals surface area contributed by atoms with Crippen LogP contribution < -0.4 is 0 Å². The van der Waals surface area contributed by atoms with Gasteiger partial charge in [-0.1, -0.05) is 37.9 Å². The highest BCUT2D eigenvalue weighted by atomic mass is 35.5. The van der Waals surface area contributed by atoms with Gasteiger partial charge in [-0.3, -0.25) is 19.8 Å². The molecule has 166 valence electrons. The van der Waals surface area contributed by atoms with E-state index < -0.39 is 6.04 Å². The predicted octanol–water partition coefficient (Wildman–Crippen LogP) is 2.80. The number of hydrogen-bond acceptors (Lipinski definition) is 8. The average molecular weight is 440 g/mol. The second kappa shape index (κ2) is 10.6. The molecule has 9 nitrogen and oxygen atoms in total. The molecule has 0 radical (unpaired) electrons. The lowest BCUT2D eigenvalue weighted by Gasteiger charge is -2.42. The highest BCUT2D eigenvalue weighted by Crippen LogP contribution is 2.27. The van der Waals surface area contributed by atoms with Gasteiger partial charge in [-0.15, -0.1) is 0 Å². The molecular formula is C20H30ClN5O4. The molecule has 2 heterocycles. The molecule has 1 aliphatic rings. The monoisotopic (exact) mass is 439 g/mol. The van der Waals surface area contributed by atoms with Gasteiger partial charge in [-0.05, 0) is 24.5 Å². The highest BCUT2D eigenvalue weighted by Gasteiger charge is 2.40. The number of hydrogen-bond donors (Lipinski definition) is 0. The fraction of sp³-hybridized carbons (Fsp3) is 0.600. The smallest absolute Gasteiger partial charge is 0.323 e. The molecule has 1 aliphatic heterocycles. The molecule has 1 aromatic rings. The van der Waals surface area contributed by atoms with Gasteiger partial charge in [0.2, 0.25) is 0 Å². The number of aromatic nitrogens is 1. The Bertz CT molecular complexity index is 786. The molecule has 0 fully saturated rings. The zero-order chi connectivity index (χ0) is 22.4. The van der Waals surface area contributed by atoms with Gasteiger partial charge >= 0.3 is 5.97 Å². The fourth-order valence-corrected chi connectivity index (χ4v) is 3.88. The third-order valence-electron chi connectivity index (χ3n) is 5.45. The van der Waals surface area contributed by atoms with Crippen LogP contribution in [0, 0.1) is 16.0 Å². The highest BCUT2D eigenvalue weighted by molar-refractivity contribution is 6.29. The molecular weight excluding hydrogens is 410 g/mol. The average Bonchev–Trinajstić information content (AvgIpc) is 2.73. The van der Waals surface area contributed by atoms with E-state index in [4.69, 9.17) is 16.3 Å². The summed E-state index contributed by atoms with van der Waals surface area (Å²) in [6, 6.07) is 3.01. The Morgan fingerprint density at radius 1 is 1.43 bits per heavy atom. The Morgan fingerprint density at radius 2 is 2.13 bits per heavy atom. The molecule has 0 saturated heterocycles. The van der Waals surface area contributed by atoms with Gasteiger partial charge in [-0.2, -0.15) is 0 Å². The van der Waals surface area contributed by atoms with Crippen molar-refractivity contribution in [2.24, 2.45) is 5.92 Å². The molecule has 0 N–H and O–H groups in total. The molecule has 0 saturated carbocycles. The van der Waals surface area contributed by atoms with Crippen LogP contribution >= 0.6 is 11.6 Å². The quantitative estimate of drug-likeness (QED) is 0.251. The largest absolute Gasteiger partial charge is 0.468 e. The predicted molar refractivity (Wildman–Crippen MR) is 114 cm³/mol. The molecule has 2 atom stereocenters. The van der Waals surface area contributed by atoms with Crippen LogP contribution in [0.25, 0.3) is 0 Å². The van der Waals surface area contributed by atoms with Gasteiger partial charge in [0.25, 0.3) is 5.70 Å². The van der Waals surface area contributed by atoms with Crippen molar-refractivity contribution in [2.45, 2.75) is 39.8 Å². The van der Waals surface area contributed by atoms with Gasteiger partial charge in [0.1, 0.15) is 11.2 Å². The molecule has 0 aromatic carbocycles. The van der Waals surface area contributed by atoms with Crippen LogP contribution in [-0.4, -0.2) is 70.5 Å². The number of rotatable bonds is 9.